The molecule has 8 heteroatoms. The van der Waals surface area contributed by atoms with Crippen LogP contribution >= 0.6 is 0 Å². The van der Waals surface area contributed by atoms with E-state index in [0.29, 0.717) is 6.07 Å². The van der Waals surface area contributed by atoms with Gasteiger partial charge in [0.1, 0.15) is 5.60 Å². The van der Waals surface area contributed by atoms with Crippen LogP contribution in [0.4, 0.5) is 18.0 Å². The molecular formula is C14H16F3NO4. The van der Waals surface area contributed by atoms with E-state index in [0.717, 1.165) is 12.1 Å². The maximum Gasteiger partial charge on any atom is 0.416 e. The fraction of sp³-hybridized carbons (Fsp3) is 0.429. The first-order valence-corrected chi connectivity index (χ1v) is 6.30. The van der Waals surface area contributed by atoms with Gasteiger partial charge in [0.15, 0.2) is 0 Å². The summed E-state index contributed by atoms with van der Waals surface area (Å²) in [5.74, 6) is -1.46. The Hall–Kier alpha value is -2.25. The van der Waals surface area contributed by atoms with Crippen molar-refractivity contribution in [2.24, 2.45) is 0 Å². The van der Waals surface area contributed by atoms with Crippen molar-refractivity contribution >= 4 is 12.1 Å². The summed E-state index contributed by atoms with van der Waals surface area (Å²) in [5.41, 5.74) is -2.61. The first kappa shape index (κ1) is 17.8. The van der Waals surface area contributed by atoms with Crippen LogP contribution in [0.25, 0.3) is 0 Å². The topological polar surface area (TPSA) is 75.6 Å². The van der Waals surface area contributed by atoms with E-state index in [1.807, 2.05) is 0 Å². The van der Waals surface area contributed by atoms with Gasteiger partial charge in [-0.3, -0.25) is 0 Å². The summed E-state index contributed by atoms with van der Waals surface area (Å²) in [6.45, 7) is 4.43. The second kappa shape index (κ2) is 6.25. The van der Waals surface area contributed by atoms with Gasteiger partial charge in [-0.1, -0.05) is 6.07 Å². The first-order valence-electron chi connectivity index (χ1n) is 6.30. The number of hydrogen-bond acceptors (Lipinski definition) is 3. The van der Waals surface area contributed by atoms with Crippen molar-refractivity contribution in [2.45, 2.75) is 39.1 Å². The van der Waals surface area contributed by atoms with E-state index < -0.39 is 41.5 Å². The maximum atomic E-state index is 13.0. The van der Waals surface area contributed by atoms with E-state index in [-0.39, 0.29) is 5.56 Å². The highest BCUT2D eigenvalue weighted by Crippen LogP contribution is 2.32. The molecule has 0 aliphatic carbocycles. The lowest BCUT2D eigenvalue weighted by atomic mass is 10.0. The molecule has 0 unspecified atom stereocenters. The van der Waals surface area contributed by atoms with E-state index in [1.54, 1.807) is 20.8 Å². The highest BCUT2D eigenvalue weighted by Gasteiger charge is 2.34. The minimum Gasteiger partial charge on any atom is -0.478 e. The second-order valence-electron chi connectivity index (χ2n) is 5.53. The van der Waals surface area contributed by atoms with Gasteiger partial charge in [-0.25, -0.2) is 9.59 Å². The van der Waals surface area contributed by atoms with Crippen molar-refractivity contribution < 1.29 is 32.6 Å². The van der Waals surface area contributed by atoms with Gasteiger partial charge >= 0.3 is 18.2 Å². The normalized spacial score (nSPS) is 11.9. The molecule has 5 nitrogen and oxygen atoms in total. The molecule has 1 amide bonds. The molecule has 22 heavy (non-hydrogen) atoms. The number of benzene rings is 1. The lowest BCUT2D eigenvalue weighted by molar-refractivity contribution is -0.138. The fourth-order valence-corrected chi connectivity index (χ4v) is 1.61. The number of rotatable bonds is 3. The second-order valence-corrected chi connectivity index (χ2v) is 5.53. The predicted molar refractivity (Wildman–Crippen MR) is 71.5 cm³/mol. The molecule has 0 heterocycles. The van der Waals surface area contributed by atoms with Crippen LogP contribution in [0.2, 0.25) is 0 Å². The quantitative estimate of drug-likeness (QED) is 0.895. The third-order valence-corrected chi connectivity index (χ3v) is 2.48. The third kappa shape index (κ3) is 5.27. The smallest absolute Gasteiger partial charge is 0.416 e. The van der Waals surface area contributed by atoms with E-state index in [9.17, 15) is 22.8 Å². The molecule has 0 bridgehead atoms. The molecule has 0 atom stereocenters. The van der Waals surface area contributed by atoms with Crippen LogP contribution in [0.5, 0.6) is 0 Å². The largest absolute Gasteiger partial charge is 0.478 e. The zero-order chi connectivity index (χ0) is 17.1. The van der Waals surface area contributed by atoms with Gasteiger partial charge in [0.2, 0.25) is 0 Å². The molecule has 0 aromatic heterocycles. The van der Waals surface area contributed by atoms with E-state index in [2.05, 4.69) is 5.32 Å². The monoisotopic (exact) mass is 319 g/mol. The van der Waals surface area contributed by atoms with Crippen molar-refractivity contribution in [1.82, 2.24) is 5.32 Å². The van der Waals surface area contributed by atoms with Gasteiger partial charge in [0.05, 0.1) is 11.1 Å². The Labute approximate surface area is 125 Å². The number of carbonyl (C=O) groups excluding carboxylic acids is 1. The molecule has 1 aromatic carbocycles. The van der Waals surface area contributed by atoms with Gasteiger partial charge < -0.3 is 15.2 Å². The SMILES string of the molecule is CC(C)(C)OC(=O)NCc1ccc(C(=O)O)cc1C(F)(F)F. The number of carbonyl (C=O) groups is 2. The van der Waals surface area contributed by atoms with Crippen LogP contribution in [-0.2, 0) is 17.5 Å². The Morgan fingerprint density at radius 1 is 1.23 bits per heavy atom. The maximum absolute atomic E-state index is 13.0. The number of alkyl halides is 3. The first-order chi connectivity index (χ1) is 9.90. The van der Waals surface area contributed by atoms with Crippen LogP contribution in [0.15, 0.2) is 18.2 Å². The number of hydrogen-bond donors (Lipinski definition) is 2. The van der Waals surface area contributed by atoms with Gasteiger partial charge in [-0.15, -0.1) is 0 Å². The van der Waals surface area contributed by atoms with Gasteiger partial charge in [-0.05, 0) is 38.5 Å². The standard InChI is InChI=1S/C14H16F3NO4/c1-13(2,3)22-12(21)18-7-9-5-4-8(11(19)20)6-10(9)14(15,16)17/h4-6H,7H2,1-3H3,(H,18,21)(H,19,20). The van der Waals surface area contributed by atoms with E-state index in [1.165, 1.54) is 0 Å². The number of alkyl carbamates (subject to hydrolysis) is 1. The summed E-state index contributed by atoms with van der Waals surface area (Å²) in [6, 6.07) is 2.60. The van der Waals surface area contributed by atoms with Crippen molar-refractivity contribution in [2.75, 3.05) is 0 Å². The Kier molecular flexibility index (Phi) is 5.05. The molecular weight excluding hydrogens is 303 g/mol. The van der Waals surface area contributed by atoms with Crippen molar-refractivity contribution in [3.05, 3.63) is 34.9 Å². The molecule has 0 spiro atoms. The Bertz CT molecular complexity index is 576. The van der Waals surface area contributed by atoms with Crippen molar-refractivity contribution in [1.29, 1.82) is 0 Å². The average Bonchev–Trinajstić information content (AvgIpc) is 2.32. The molecule has 0 fully saturated rings. The highest BCUT2D eigenvalue weighted by atomic mass is 19.4. The molecule has 0 saturated heterocycles. The van der Waals surface area contributed by atoms with Crippen LogP contribution in [0.1, 0.15) is 42.3 Å². The Morgan fingerprint density at radius 2 is 1.82 bits per heavy atom. The number of aromatic carboxylic acids is 1. The minimum atomic E-state index is -4.73. The number of nitrogens with one attached hydrogen (secondary N) is 1. The highest BCUT2D eigenvalue weighted by molar-refractivity contribution is 5.88. The van der Waals surface area contributed by atoms with Crippen LogP contribution in [0.3, 0.4) is 0 Å². The molecule has 122 valence electrons. The summed E-state index contributed by atoms with van der Waals surface area (Å²) in [5, 5.41) is 11.0. The van der Waals surface area contributed by atoms with Gasteiger partial charge in [-0.2, -0.15) is 13.2 Å². The zero-order valence-electron chi connectivity index (χ0n) is 12.2. The minimum absolute atomic E-state index is 0.247. The van der Waals surface area contributed by atoms with Crippen LogP contribution in [0, 0.1) is 0 Å². The summed E-state index contributed by atoms with van der Waals surface area (Å²) in [7, 11) is 0. The lowest BCUT2D eigenvalue weighted by Crippen LogP contribution is -2.32. The summed E-state index contributed by atoms with van der Waals surface area (Å²) in [4.78, 5) is 22.2. The number of carboxylic acid groups (broad SMARTS) is 1. The summed E-state index contributed by atoms with van der Waals surface area (Å²) in [6.07, 6.45) is -5.58. The third-order valence-electron chi connectivity index (χ3n) is 2.48. The molecule has 2 N–H and O–H groups in total. The zero-order valence-corrected chi connectivity index (χ0v) is 12.2. The molecule has 0 aliphatic rings. The van der Waals surface area contributed by atoms with E-state index >= 15 is 0 Å². The van der Waals surface area contributed by atoms with E-state index in [4.69, 9.17) is 9.84 Å². The lowest BCUT2D eigenvalue weighted by Gasteiger charge is -2.20. The molecule has 0 saturated carbocycles. The molecule has 0 aliphatic heterocycles. The van der Waals surface area contributed by atoms with Crippen molar-refractivity contribution in [3.8, 4) is 0 Å². The molecule has 1 rings (SSSR count). The van der Waals surface area contributed by atoms with Gasteiger partial charge in [0.25, 0.3) is 0 Å². The molecule has 1 aromatic rings. The number of carboxylic acids is 1. The molecule has 0 radical (unpaired) electrons. The summed E-state index contributed by atoms with van der Waals surface area (Å²) >= 11 is 0. The number of amides is 1. The predicted octanol–water partition coefficient (Wildman–Crippen LogP) is 3.43. The summed E-state index contributed by atoms with van der Waals surface area (Å²) < 4.78 is 43.8. The fourth-order valence-electron chi connectivity index (χ4n) is 1.61. The van der Waals surface area contributed by atoms with Crippen LogP contribution in [-0.4, -0.2) is 22.8 Å². The number of ether oxygens (including phenoxy) is 1. The average molecular weight is 319 g/mol. The Balaban J connectivity index is 2.95. The Morgan fingerprint density at radius 3 is 2.27 bits per heavy atom. The van der Waals surface area contributed by atoms with Crippen molar-refractivity contribution in [3.63, 3.8) is 0 Å². The number of halogens is 3. The van der Waals surface area contributed by atoms with Crippen LogP contribution < -0.4 is 5.32 Å². The van der Waals surface area contributed by atoms with Gasteiger partial charge in [0, 0.05) is 6.54 Å².